The average Bonchev–Trinajstić information content (AvgIpc) is 3.08. The lowest BCUT2D eigenvalue weighted by Gasteiger charge is -2.15. The van der Waals surface area contributed by atoms with Crippen LogP contribution in [0.5, 0.6) is 11.5 Å². The number of hydrogen-bond acceptors (Lipinski definition) is 6. The minimum atomic E-state index is -0.543. The molecule has 0 aliphatic heterocycles. The molecule has 0 aliphatic carbocycles. The molecule has 3 amide bonds. The molecule has 46 heavy (non-hydrogen) atoms. The Labute approximate surface area is 271 Å². The summed E-state index contributed by atoms with van der Waals surface area (Å²) in [5.41, 5.74) is 2.18. The molecular formula is C37H33N3O5S. The van der Waals surface area contributed by atoms with E-state index in [1.54, 1.807) is 73.8 Å². The predicted octanol–water partition coefficient (Wildman–Crippen LogP) is 7.39. The Morgan fingerprint density at radius 1 is 0.761 bits per heavy atom. The van der Waals surface area contributed by atoms with Crippen molar-refractivity contribution in [3.63, 3.8) is 0 Å². The first-order chi connectivity index (χ1) is 22.3. The van der Waals surface area contributed by atoms with Crippen LogP contribution in [0.2, 0.25) is 0 Å². The van der Waals surface area contributed by atoms with Crippen molar-refractivity contribution in [2.75, 3.05) is 24.9 Å². The third-order valence-electron chi connectivity index (χ3n) is 7.09. The molecule has 5 aromatic rings. The van der Waals surface area contributed by atoms with Gasteiger partial charge in [-0.3, -0.25) is 14.4 Å². The summed E-state index contributed by atoms with van der Waals surface area (Å²) in [6.45, 7) is 1.83. The number of rotatable bonds is 11. The van der Waals surface area contributed by atoms with Crippen molar-refractivity contribution >= 4 is 57.7 Å². The van der Waals surface area contributed by atoms with Crippen molar-refractivity contribution in [3.8, 4) is 11.5 Å². The van der Waals surface area contributed by atoms with Crippen molar-refractivity contribution in [2.45, 2.75) is 17.1 Å². The number of anilines is 2. The van der Waals surface area contributed by atoms with E-state index in [9.17, 15) is 14.4 Å². The van der Waals surface area contributed by atoms with E-state index in [0.717, 1.165) is 21.4 Å². The van der Waals surface area contributed by atoms with E-state index in [4.69, 9.17) is 9.47 Å². The van der Waals surface area contributed by atoms with Crippen molar-refractivity contribution in [1.82, 2.24) is 5.32 Å². The molecule has 0 fully saturated rings. The Kier molecular flexibility index (Phi) is 10.4. The Morgan fingerprint density at radius 3 is 2.28 bits per heavy atom. The molecule has 5 aromatic carbocycles. The molecule has 0 aromatic heterocycles. The first-order valence-corrected chi connectivity index (χ1v) is 15.4. The van der Waals surface area contributed by atoms with Gasteiger partial charge in [-0.1, -0.05) is 60.7 Å². The third-order valence-corrected chi connectivity index (χ3v) is 8.18. The molecule has 1 unspecified atom stereocenters. The number of carbonyl (C=O) groups is 3. The maximum atomic E-state index is 13.7. The minimum absolute atomic E-state index is 0.00120. The van der Waals surface area contributed by atoms with Crippen molar-refractivity contribution < 1.29 is 23.9 Å². The van der Waals surface area contributed by atoms with Crippen LogP contribution in [0.15, 0.2) is 126 Å². The fourth-order valence-corrected chi connectivity index (χ4v) is 5.65. The lowest BCUT2D eigenvalue weighted by atomic mass is 10.1. The van der Waals surface area contributed by atoms with E-state index in [2.05, 4.69) is 16.0 Å². The van der Waals surface area contributed by atoms with E-state index in [-0.39, 0.29) is 11.6 Å². The first-order valence-electron chi connectivity index (χ1n) is 14.5. The van der Waals surface area contributed by atoms with Crippen molar-refractivity contribution in [1.29, 1.82) is 0 Å². The smallest absolute Gasteiger partial charge is 0.272 e. The number of carbonyl (C=O) groups excluding carboxylic acids is 3. The van der Waals surface area contributed by atoms with Crippen LogP contribution in [-0.4, -0.2) is 37.2 Å². The molecule has 0 heterocycles. The first kappa shape index (κ1) is 31.9. The summed E-state index contributed by atoms with van der Waals surface area (Å²) in [5, 5.41) is 10.3. The standard InChI is InChI=1S/C37H33N3O5S/c1-24(35(41)39-32-18-9-14-25-11-7-8-17-31(25)32)46-30-16-10-15-28(23-30)38-37(43)33(40-36(42)26-12-5-4-6-13-26)22-27-21-29(44-2)19-20-34(27)45-3/h4-24H,1-3H3,(H,38,43)(H,39,41)(H,40,42)/b33-22+. The second-order valence-electron chi connectivity index (χ2n) is 10.2. The van der Waals surface area contributed by atoms with Crippen LogP contribution in [0.4, 0.5) is 11.4 Å². The zero-order valence-electron chi connectivity index (χ0n) is 25.6. The molecule has 3 N–H and O–H groups in total. The number of benzene rings is 5. The summed E-state index contributed by atoms with van der Waals surface area (Å²) in [7, 11) is 3.06. The number of thioether (sulfide) groups is 1. The molecule has 0 saturated heterocycles. The van der Waals surface area contributed by atoms with Gasteiger partial charge in [-0.25, -0.2) is 0 Å². The van der Waals surface area contributed by atoms with E-state index in [0.29, 0.717) is 28.3 Å². The van der Waals surface area contributed by atoms with Gasteiger partial charge in [0.1, 0.15) is 17.2 Å². The topological polar surface area (TPSA) is 106 Å². The molecule has 0 spiro atoms. The summed E-state index contributed by atoms with van der Waals surface area (Å²) >= 11 is 1.37. The molecule has 0 bridgehead atoms. The predicted molar refractivity (Wildman–Crippen MR) is 184 cm³/mol. The van der Waals surface area contributed by atoms with Gasteiger partial charge in [0.05, 0.1) is 19.5 Å². The minimum Gasteiger partial charge on any atom is -0.497 e. The Hall–Kier alpha value is -5.54. The van der Waals surface area contributed by atoms with Gasteiger partial charge in [0.15, 0.2) is 0 Å². The van der Waals surface area contributed by atoms with Gasteiger partial charge in [-0.15, -0.1) is 11.8 Å². The van der Waals surface area contributed by atoms with E-state index < -0.39 is 17.1 Å². The molecule has 5 rings (SSSR count). The number of amides is 3. The lowest BCUT2D eigenvalue weighted by Crippen LogP contribution is -2.30. The maximum absolute atomic E-state index is 13.7. The van der Waals surface area contributed by atoms with Crippen molar-refractivity contribution in [2.24, 2.45) is 0 Å². The summed E-state index contributed by atoms with van der Waals surface area (Å²) in [6, 6.07) is 34.7. The summed E-state index contributed by atoms with van der Waals surface area (Å²) in [6.07, 6.45) is 1.54. The molecule has 232 valence electrons. The van der Waals surface area contributed by atoms with Crippen LogP contribution in [0, 0.1) is 0 Å². The van der Waals surface area contributed by atoms with Gasteiger partial charge in [0, 0.05) is 32.8 Å². The fourth-order valence-electron chi connectivity index (χ4n) is 4.72. The monoisotopic (exact) mass is 631 g/mol. The van der Waals surface area contributed by atoms with Crippen molar-refractivity contribution in [3.05, 3.63) is 132 Å². The zero-order valence-corrected chi connectivity index (χ0v) is 26.4. The number of nitrogens with one attached hydrogen (secondary N) is 3. The molecule has 0 aliphatic rings. The molecule has 9 heteroatoms. The summed E-state index contributed by atoms with van der Waals surface area (Å²) in [4.78, 5) is 40.7. The number of methoxy groups -OCH3 is 2. The SMILES string of the molecule is COc1ccc(OC)c(/C=C(/NC(=O)c2ccccc2)C(=O)Nc2cccc(SC(C)C(=O)Nc3cccc4ccccc34)c2)c1. The van der Waals surface area contributed by atoms with Gasteiger partial charge in [-0.2, -0.15) is 0 Å². The molecular weight excluding hydrogens is 598 g/mol. The van der Waals surface area contributed by atoms with Crippen LogP contribution >= 0.6 is 11.8 Å². The van der Waals surface area contributed by atoms with Gasteiger partial charge in [-0.05, 0) is 73.0 Å². The largest absolute Gasteiger partial charge is 0.497 e. The van der Waals surface area contributed by atoms with Crippen LogP contribution in [0.1, 0.15) is 22.8 Å². The lowest BCUT2D eigenvalue weighted by molar-refractivity contribution is -0.115. The Balaban J connectivity index is 1.34. The Bertz CT molecular complexity index is 1900. The molecule has 8 nitrogen and oxygen atoms in total. The normalized spacial score (nSPS) is 11.8. The highest BCUT2D eigenvalue weighted by molar-refractivity contribution is 8.00. The van der Waals surface area contributed by atoms with E-state index in [1.165, 1.54) is 24.9 Å². The second kappa shape index (κ2) is 15.0. The highest BCUT2D eigenvalue weighted by atomic mass is 32.2. The van der Waals surface area contributed by atoms with Crippen LogP contribution in [0.25, 0.3) is 16.8 Å². The van der Waals surface area contributed by atoms with Gasteiger partial charge < -0.3 is 25.4 Å². The quantitative estimate of drug-likeness (QED) is 0.104. The fraction of sp³-hybridized carbons (Fsp3) is 0.108. The molecule has 0 radical (unpaired) electrons. The van der Waals surface area contributed by atoms with Gasteiger partial charge in [0.25, 0.3) is 11.8 Å². The van der Waals surface area contributed by atoms with Gasteiger partial charge in [0.2, 0.25) is 5.91 Å². The molecule has 1 atom stereocenters. The van der Waals surface area contributed by atoms with Crippen LogP contribution in [0.3, 0.4) is 0 Å². The second-order valence-corrected chi connectivity index (χ2v) is 11.7. The third kappa shape index (κ3) is 7.94. The average molecular weight is 632 g/mol. The van der Waals surface area contributed by atoms with Crippen LogP contribution in [-0.2, 0) is 9.59 Å². The van der Waals surface area contributed by atoms with E-state index >= 15 is 0 Å². The highest BCUT2D eigenvalue weighted by Gasteiger charge is 2.19. The van der Waals surface area contributed by atoms with Gasteiger partial charge >= 0.3 is 0 Å². The molecule has 0 saturated carbocycles. The number of hydrogen-bond donors (Lipinski definition) is 3. The summed E-state index contributed by atoms with van der Waals surface area (Å²) in [5.74, 6) is -0.0760. The highest BCUT2D eigenvalue weighted by Crippen LogP contribution is 2.29. The Morgan fingerprint density at radius 2 is 1.50 bits per heavy atom. The summed E-state index contributed by atoms with van der Waals surface area (Å²) < 4.78 is 10.8. The van der Waals surface area contributed by atoms with Crippen LogP contribution < -0.4 is 25.4 Å². The maximum Gasteiger partial charge on any atom is 0.272 e. The van der Waals surface area contributed by atoms with E-state index in [1.807, 2.05) is 55.5 Å². The number of fused-ring (bicyclic) bond motifs is 1. The zero-order chi connectivity index (χ0) is 32.5. The number of ether oxygens (including phenoxy) is 2.